The zero-order valence-electron chi connectivity index (χ0n) is 23.3. The molecule has 1 rings (SSSR count). The number of carbonyl (C=O) groups is 1. The van der Waals surface area contributed by atoms with Crippen molar-refractivity contribution in [1.82, 2.24) is 0 Å². The van der Waals surface area contributed by atoms with Crippen LogP contribution in [0.1, 0.15) is 136 Å². The smallest absolute Gasteiger partial charge is 0.319 e. The van der Waals surface area contributed by atoms with Gasteiger partial charge in [-0.2, -0.15) is 12.6 Å². The Bertz CT molecular complexity index is 735. The molecule has 1 aromatic rings. The molecule has 0 bridgehead atoms. The molecular formula is C30H52O3S. The third-order valence-electron chi connectivity index (χ3n) is 6.80. The van der Waals surface area contributed by atoms with Gasteiger partial charge in [-0.05, 0) is 46.3 Å². The summed E-state index contributed by atoms with van der Waals surface area (Å²) in [5, 5.41) is 21.0. The van der Waals surface area contributed by atoms with E-state index in [9.17, 15) is 15.0 Å². The molecule has 196 valence electrons. The zero-order chi connectivity index (χ0) is 26.2. The van der Waals surface area contributed by atoms with Crippen molar-refractivity contribution in [2.24, 2.45) is 5.92 Å². The van der Waals surface area contributed by atoms with Crippen LogP contribution < -0.4 is 0 Å². The van der Waals surface area contributed by atoms with E-state index in [0.717, 1.165) is 41.9 Å². The Morgan fingerprint density at radius 3 is 1.62 bits per heavy atom. The van der Waals surface area contributed by atoms with Crippen LogP contribution in [-0.2, 0) is 22.0 Å². The standard InChI is InChI=1S/C30H52O3S/c1-22(2)17-15-13-11-9-10-12-14-16-18-30(34,27(32)33)21-23-19-24(28(3,4)5)26(31)25(20-23)29(6,7)8/h19-20,22,31,34H,9-18,21H2,1-8H3,(H,32,33). The van der Waals surface area contributed by atoms with E-state index in [2.05, 4.69) is 55.4 Å². The molecule has 0 radical (unpaired) electrons. The van der Waals surface area contributed by atoms with Crippen LogP contribution in [0.15, 0.2) is 12.1 Å². The van der Waals surface area contributed by atoms with Crippen molar-refractivity contribution in [2.45, 2.75) is 142 Å². The van der Waals surface area contributed by atoms with Gasteiger partial charge >= 0.3 is 5.97 Å². The Morgan fingerprint density at radius 2 is 1.24 bits per heavy atom. The van der Waals surface area contributed by atoms with Gasteiger partial charge in [0.1, 0.15) is 10.5 Å². The fourth-order valence-corrected chi connectivity index (χ4v) is 4.92. The molecule has 1 atom stereocenters. The van der Waals surface area contributed by atoms with E-state index in [4.69, 9.17) is 12.6 Å². The molecule has 0 fully saturated rings. The molecule has 1 aromatic carbocycles. The first-order valence-corrected chi connectivity index (χ1v) is 13.9. The second-order valence-corrected chi connectivity index (χ2v) is 13.7. The molecule has 1 unspecified atom stereocenters. The van der Waals surface area contributed by atoms with Gasteiger partial charge in [-0.25, -0.2) is 0 Å². The average molecular weight is 493 g/mol. The van der Waals surface area contributed by atoms with Crippen molar-refractivity contribution in [3.63, 3.8) is 0 Å². The molecule has 3 nitrogen and oxygen atoms in total. The summed E-state index contributed by atoms with van der Waals surface area (Å²) in [6.45, 7) is 17.0. The topological polar surface area (TPSA) is 57.5 Å². The zero-order valence-corrected chi connectivity index (χ0v) is 24.2. The summed E-state index contributed by atoms with van der Waals surface area (Å²) in [7, 11) is 0. The first kappa shape index (κ1) is 30.9. The Kier molecular flexibility index (Phi) is 12.0. The number of aromatic hydroxyl groups is 1. The molecule has 0 heterocycles. The van der Waals surface area contributed by atoms with Gasteiger partial charge in [0.2, 0.25) is 0 Å². The maximum absolute atomic E-state index is 12.2. The number of hydrogen-bond acceptors (Lipinski definition) is 3. The van der Waals surface area contributed by atoms with Gasteiger partial charge in [0.15, 0.2) is 0 Å². The van der Waals surface area contributed by atoms with Gasteiger partial charge in [-0.3, -0.25) is 4.79 Å². The van der Waals surface area contributed by atoms with Crippen molar-refractivity contribution in [1.29, 1.82) is 0 Å². The molecule has 0 amide bonds. The number of carboxylic acid groups (broad SMARTS) is 1. The Labute approximate surface area is 215 Å². The van der Waals surface area contributed by atoms with Crippen molar-refractivity contribution in [3.05, 3.63) is 28.8 Å². The molecule has 34 heavy (non-hydrogen) atoms. The molecular weight excluding hydrogens is 440 g/mol. The predicted octanol–water partition coefficient (Wildman–Crippen LogP) is 8.84. The number of carboxylic acids is 1. The quantitative estimate of drug-likeness (QED) is 0.179. The van der Waals surface area contributed by atoms with Crippen LogP contribution in [0.25, 0.3) is 0 Å². The van der Waals surface area contributed by atoms with Gasteiger partial charge in [0.25, 0.3) is 0 Å². The fourth-order valence-electron chi connectivity index (χ4n) is 4.58. The average Bonchev–Trinajstić information content (AvgIpc) is 2.68. The second kappa shape index (κ2) is 13.2. The number of benzene rings is 1. The number of hydrogen-bond donors (Lipinski definition) is 3. The normalized spacial score (nSPS) is 14.4. The van der Waals surface area contributed by atoms with Crippen LogP contribution in [0.5, 0.6) is 5.75 Å². The fraction of sp³-hybridized carbons (Fsp3) is 0.767. The van der Waals surface area contributed by atoms with Crippen LogP contribution in [0, 0.1) is 5.92 Å². The highest BCUT2D eigenvalue weighted by atomic mass is 32.1. The summed E-state index contributed by atoms with van der Waals surface area (Å²) in [4.78, 5) is 12.2. The van der Waals surface area contributed by atoms with E-state index in [1.165, 1.54) is 38.5 Å². The minimum Gasteiger partial charge on any atom is -0.507 e. The summed E-state index contributed by atoms with van der Waals surface area (Å²) in [5.74, 6) is 0.272. The van der Waals surface area contributed by atoms with E-state index in [1.54, 1.807) is 0 Å². The van der Waals surface area contributed by atoms with E-state index in [-0.39, 0.29) is 10.8 Å². The highest BCUT2D eigenvalue weighted by Gasteiger charge is 2.35. The third kappa shape index (κ3) is 10.2. The molecule has 4 heteroatoms. The number of thiol groups is 1. The first-order valence-electron chi connectivity index (χ1n) is 13.4. The highest BCUT2D eigenvalue weighted by Crippen LogP contribution is 2.41. The molecule has 0 aromatic heterocycles. The van der Waals surface area contributed by atoms with Crippen LogP contribution in [0.4, 0.5) is 0 Å². The first-order chi connectivity index (χ1) is 15.6. The monoisotopic (exact) mass is 492 g/mol. The summed E-state index contributed by atoms with van der Waals surface area (Å²) in [6, 6.07) is 3.97. The molecule has 0 spiro atoms. The molecule has 0 aliphatic heterocycles. The van der Waals surface area contributed by atoms with Gasteiger partial charge in [0.05, 0.1) is 0 Å². The Hall–Kier alpha value is -1.16. The molecule has 0 aliphatic rings. The van der Waals surface area contributed by atoms with Crippen LogP contribution in [0.3, 0.4) is 0 Å². The number of phenolic OH excluding ortho intramolecular Hbond substituents is 1. The largest absolute Gasteiger partial charge is 0.507 e. The minimum atomic E-state index is -1.10. The van der Waals surface area contributed by atoms with Crippen LogP contribution in [0.2, 0.25) is 0 Å². The lowest BCUT2D eigenvalue weighted by molar-refractivity contribution is -0.140. The van der Waals surface area contributed by atoms with Crippen LogP contribution in [-0.4, -0.2) is 20.9 Å². The Morgan fingerprint density at radius 1 is 0.824 bits per heavy atom. The van der Waals surface area contributed by atoms with Gasteiger partial charge < -0.3 is 10.2 Å². The second-order valence-electron chi connectivity index (χ2n) is 12.8. The number of aliphatic carboxylic acids is 1. The predicted molar refractivity (Wildman–Crippen MR) is 150 cm³/mol. The summed E-state index contributed by atoms with van der Waals surface area (Å²) in [6.07, 6.45) is 11.8. The maximum atomic E-state index is 12.2. The summed E-state index contributed by atoms with van der Waals surface area (Å²) in [5.41, 5.74) is 2.19. The van der Waals surface area contributed by atoms with E-state index >= 15 is 0 Å². The summed E-state index contributed by atoms with van der Waals surface area (Å²) >= 11 is 4.70. The van der Waals surface area contributed by atoms with Crippen molar-refractivity contribution in [3.8, 4) is 5.75 Å². The molecule has 2 N–H and O–H groups in total. The number of rotatable bonds is 14. The minimum absolute atomic E-state index is 0.239. The molecule has 0 saturated carbocycles. The lowest BCUT2D eigenvalue weighted by atomic mass is 9.77. The summed E-state index contributed by atoms with van der Waals surface area (Å²) < 4.78 is -1.10. The van der Waals surface area contributed by atoms with E-state index < -0.39 is 10.7 Å². The van der Waals surface area contributed by atoms with Crippen molar-refractivity contribution >= 4 is 18.6 Å². The van der Waals surface area contributed by atoms with Crippen molar-refractivity contribution < 1.29 is 15.0 Å². The molecule has 0 aliphatic carbocycles. The molecule has 0 saturated heterocycles. The van der Waals surface area contributed by atoms with E-state index in [1.807, 2.05) is 12.1 Å². The van der Waals surface area contributed by atoms with Crippen LogP contribution >= 0.6 is 12.6 Å². The van der Waals surface area contributed by atoms with Gasteiger partial charge in [0, 0.05) is 0 Å². The maximum Gasteiger partial charge on any atom is 0.319 e. The highest BCUT2D eigenvalue weighted by molar-refractivity contribution is 7.82. The Balaban J connectivity index is 2.76. The SMILES string of the molecule is CC(C)CCCCCCCCCCC(S)(Cc1cc(C(C)(C)C)c(O)c(C(C)(C)C)c1)C(=O)O. The lowest BCUT2D eigenvalue weighted by Crippen LogP contribution is -2.35. The van der Waals surface area contributed by atoms with Gasteiger partial charge in [-0.1, -0.05) is 125 Å². The van der Waals surface area contributed by atoms with E-state index in [0.29, 0.717) is 18.6 Å². The lowest BCUT2D eigenvalue weighted by Gasteiger charge is -2.30. The number of phenols is 1. The number of unbranched alkanes of at least 4 members (excludes halogenated alkanes) is 7. The van der Waals surface area contributed by atoms with Gasteiger partial charge in [-0.15, -0.1) is 0 Å². The third-order valence-corrected chi connectivity index (χ3v) is 7.38. The van der Waals surface area contributed by atoms with Crippen molar-refractivity contribution in [2.75, 3.05) is 0 Å².